The maximum Gasteiger partial charge on any atom is 0.311 e. The average molecular weight is 402 g/mol. The van der Waals surface area contributed by atoms with Gasteiger partial charge in [-0.2, -0.15) is 0 Å². The van der Waals surface area contributed by atoms with Crippen molar-refractivity contribution in [3.63, 3.8) is 0 Å². The number of rotatable bonds is 5. The van der Waals surface area contributed by atoms with Gasteiger partial charge >= 0.3 is 5.69 Å². The van der Waals surface area contributed by atoms with E-state index in [0.29, 0.717) is 18.6 Å². The molecular weight excluding hydrogens is 384 g/mol. The Bertz CT molecular complexity index is 1120. The first-order valence-corrected chi connectivity index (χ1v) is 10.2. The van der Waals surface area contributed by atoms with Crippen LogP contribution >= 0.6 is 0 Å². The van der Waals surface area contributed by atoms with Crippen LogP contribution in [0, 0.1) is 10.1 Å². The Hall–Kier alpha value is -2.98. The first kappa shape index (κ1) is 18.4. The van der Waals surface area contributed by atoms with Crippen LogP contribution in [0.15, 0.2) is 53.7 Å². The first-order chi connectivity index (χ1) is 13.5. The molecule has 1 fully saturated rings. The lowest BCUT2D eigenvalue weighted by atomic mass is 10.1. The van der Waals surface area contributed by atoms with Crippen LogP contribution in [0.25, 0.3) is 11.0 Å². The molecule has 2 aromatic heterocycles. The quantitative estimate of drug-likeness (QED) is 0.515. The van der Waals surface area contributed by atoms with Crippen molar-refractivity contribution in [3.05, 3.63) is 58.9 Å². The highest BCUT2D eigenvalue weighted by molar-refractivity contribution is 7.90. The molecule has 3 heterocycles. The van der Waals surface area contributed by atoms with E-state index in [1.807, 2.05) is 0 Å². The predicted octanol–water partition coefficient (Wildman–Crippen LogP) is 2.77. The van der Waals surface area contributed by atoms with Gasteiger partial charge in [-0.3, -0.25) is 10.1 Å². The van der Waals surface area contributed by atoms with Crippen molar-refractivity contribution in [1.82, 2.24) is 8.96 Å². The van der Waals surface area contributed by atoms with Gasteiger partial charge in [0.15, 0.2) is 5.65 Å². The van der Waals surface area contributed by atoms with E-state index in [0.717, 1.165) is 23.0 Å². The van der Waals surface area contributed by atoms with Gasteiger partial charge in [-0.1, -0.05) is 18.2 Å². The predicted molar refractivity (Wildman–Crippen MR) is 103 cm³/mol. The number of benzene rings is 1. The topological polar surface area (TPSA) is 116 Å². The summed E-state index contributed by atoms with van der Waals surface area (Å²) in [4.78, 5) is 15.2. The molecule has 9 nitrogen and oxygen atoms in total. The van der Waals surface area contributed by atoms with Gasteiger partial charge in [0, 0.05) is 18.8 Å². The Balaban J connectivity index is 1.84. The summed E-state index contributed by atoms with van der Waals surface area (Å²) in [6, 6.07) is 9.41. The summed E-state index contributed by atoms with van der Waals surface area (Å²) >= 11 is 0. The molecule has 1 aliphatic heterocycles. The highest BCUT2D eigenvalue weighted by Gasteiger charge is 2.26. The summed E-state index contributed by atoms with van der Waals surface area (Å²) < 4.78 is 32.4. The molecule has 0 saturated carbocycles. The minimum atomic E-state index is -3.87. The number of hydrogen-bond acceptors (Lipinski definition) is 7. The Morgan fingerprint density at radius 2 is 2.04 bits per heavy atom. The number of nitro groups is 1. The van der Waals surface area contributed by atoms with E-state index < -0.39 is 14.9 Å². The summed E-state index contributed by atoms with van der Waals surface area (Å²) in [5.74, 6) is 0. The van der Waals surface area contributed by atoms with Gasteiger partial charge in [0.05, 0.1) is 21.8 Å². The standard InChI is InChI=1S/C18H18N4O5S/c23-22(24)16-11-19-18-15(17(16)20-13-5-4-10-27-12-13)8-9-21(18)28(25,26)14-6-2-1-3-7-14/h1-3,6-9,11,13H,4-5,10,12H2,(H,19,20). The van der Waals surface area contributed by atoms with Crippen molar-refractivity contribution in [1.29, 1.82) is 0 Å². The van der Waals surface area contributed by atoms with Crippen molar-refractivity contribution in [2.24, 2.45) is 0 Å². The highest BCUT2D eigenvalue weighted by atomic mass is 32.2. The Labute approximate surface area is 161 Å². The number of anilines is 1. The van der Waals surface area contributed by atoms with Crippen LogP contribution in [0.2, 0.25) is 0 Å². The number of nitrogens with zero attached hydrogens (tertiary/aromatic N) is 3. The van der Waals surface area contributed by atoms with Crippen LogP contribution in [0.5, 0.6) is 0 Å². The van der Waals surface area contributed by atoms with E-state index in [1.54, 1.807) is 18.2 Å². The second-order valence-corrected chi connectivity index (χ2v) is 8.32. The lowest BCUT2D eigenvalue weighted by Crippen LogP contribution is -2.30. The fourth-order valence-electron chi connectivity index (χ4n) is 3.30. The third kappa shape index (κ3) is 3.20. The average Bonchev–Trinajstić information content (AvgIpc) is 3.15. The van der Waals surface area contributed by atoms with Crippen LogP contribution in [-0.2, 0) is 14.8 Å². The SMILES string of the molecule is O=[N+]([O-])c1cnc2c(ccn2S(=O)(=O)c2ccccc2)c1NC1CCCOC1. The molecule has 0 spiro atoms. The van der Waals surface area contributed by atoms with Gasteiger partial charge in [-0.05, 0) is 31.0 Å². The third-order valence-electron chi connectivity index (χ3n) is 4.67. The van der Waals surface area contributed by atoms with Crippen molar-refractivity contribution in [2.75, 3.05) is 18.5 Å². The highest BCUT2D eigenvalue weighted by Crippen LogP contribution is 2.34. The fraction of sp³-hybridized carbons (Fsp3) is 0.278. The van der Waals surface area contributed by atoms with E-state index in [9.17, 15) is 18.5 Å². The zero-order valence-corrected chi connectivity index (χ0v) is 15.6. The maximum absolute atomic E-state index is 13.0. The molecule has 3 aromatic rings. The van der Waals surface area contributed by atoms with Gasteiger partial charge in [-0.15, -0.1) is 0 Å². The third-order valence-corrected chi connectivity index (χ3v) is 6.35. The summed E-state index contributed by atoms with van der Waals surface area (Å²) in [6.07, 6.45) is 4.12. The first-order valence-electron chi connectivity index (χ1n) is 8.78. The van der Waals surface area contributed by atoms with Crippen LogP contribution < -0.4 is 5.32 Å². The van der Waals surface area contributed by atoms with E-state index in [-0.39, 0.29) is 28.0 Å². The number of fused-ring (bicyclic) bond motifs is 1. The molecular formula is C18H18N4O5S. The normalized spacial score (nSPS) is 17.5. The zero-order chi connectivity index (χ0) is 19.7. The van der Waals surface area contributed by atoms with Gasteiger partial charge < -0.3 is 10.1 Å². The minimum Gasteiger partial charge on any atom is -0.379 e. The van der Waals surface area contributed by atoms with E-state index in [1.165, 1.54) is 24.4 Å². The Morgan fingerprint density at radius 3 is 2.71 bits per heavy atom. The molecule has 0 aliphatic carbocycles. The second-order valence-electron chi connectivity index (χ2n) is 6.50. The number of pyridine rings is 1. The molecule has 0 radical (unpaired) electrons. The number of aromatic nitrogens is 2. The summed E-state index contributed by atoms with van der Waals surface area (Å²) in [5, 5.41) is 15.0. The zero-order valence-electron chi connectivity index (χ0n) is 14.8. The molecule has 1 unspecified atom stereocenters. The van der Waals surface area contributed by atoms with E-state index >= 15 is 0 Å². The Kier molecular flexibility index (Phi) is 4.73. The van der Waals surface area contributed by atoms with Crippen LogP contribution in [-0.4, -0.2) is 41.6 Å². The van der Waals surface area contributed by atoms with Gasteiger partial charge in [-0.25, -0.2) is 17.4 Å². The molecule has 0 amide bonds. The lowest BCUT2D eigenvalue weighted by Gasteiger charge is -2.24. The van der Waals surface area contributed by atoms with Gasteiger partial charge in [0.2, 0.25) is 0 Å². The molecule has 28 heavy (non-hydrogen) atoms. The molecule has 1 aromatic carbocycles. The molecule has 1 atom stereocenters. The molecule has 146 valence electrons. The molecule has 1 aliphatic rings. The van der Waals surface area contributed by atoms with Crippen molar-refractivity contribution in [3.8, 4) is 0 Å². The molecule has 10 heteroatoms. The van der Waals surface area contributed by atoms with Gasteiger partial charge in [0.1, 0.15) is 11.9 Å². The molecule has 4 rings (SSSR count). The summed E-state index contributed by atoms with van der Waals surface area (Å²) in [7, 11) is -3.87. The number of hydrogen-bond donors (Lipinski definition) is 1. The second kappa shape index (κ2) is 7.21. The Morgan fingerprint density at radius 1 is 1.25 bits per heavy atom. The number of ether oxygens (including phenoxy) is 1. The monoisotopic (exact) mass is 402 g/mol. The molecule has 1 saturated heterocycles. The molecule has 0 bridgehead atoms. The van der Waals surface area contributed by atoms with Crippen molar-refractivity contribution in [2.45, 2.75) is 23.8 Å². The maximum atomic E-state index is 13.0. The largest absolute Gasteiger partial charge is 0.379 e. The van der Waals surface area contributed by atoms with Gasteiger partial charge in [0.25, 0.3) is 10.0 Å². The summed E-state index contributed by atoms with van der Waals surface area (Å²) in [6.45, 7) is 1.10. The smallest absolute Gasteiger partial charge is 0.311 e. The van der Waals surface area contributed by atoms with E-state index in [2.05, 4.69) is 10.3 Å². The van der Waals surface area contributed by atoms with Crippen LogP contribution in [0.1, 0.15) is 12.8 Å². The van der Waals surface area contributed by atoms with Crippen LogP contribution in [0.4, 0.5) is 11.4 Å². The lowest BCUT2D eigenvalue weighted by molar-refractivity contribution is -0.384. The van der Waals surface area contributed by atoms with E-state index in [4.69, 9.17) is 4.74 Å². The fourth-order valence-corrected chi connectivity index (χ4v) is 4.62. The number of nitrogens with one attached hydrogen (secondary N) is 1. The van der Waals surface area contributed by atoms with Crippen molar-refractivity contribution >= 4 is 32.4 Å². The summed E-state index contributed by atoms with van der Waals surface area (Å²) in [5.41, 5.74) is 0.189. The van der Waals surface area contributed by atoms with Crippen molar-refractivity contribution < 1.29 is 18.1 Å². The van der Waals surface area contributed by atoms with Crippen LogP contribution in [0.3, 0.4) is 0 Å². The molecule has 1 N–H and O–H groups in total. The minimum absolute atomic E-state index is 0.0906.